The van der Waals surface area contributed by atoms with Crippen LogP contribution < -0.4 is 15.8 Å². The van der Waals surface area contributed by atoms with Crippen molar-refractivity contribution in [3.05, 3.63) is 24.3 Å². The van der Waals surface area contributed by atoms with Gasteiger partial charge in [-0.2, -0.15) is 0 Å². The topological polar surface area (TPSA) is 64.3 Å². The lowest BCUT2D eigenvalue weighted by molar-refractivity contribution is -0.122. The van der Waals surface area contributed by atoms with E-state index in [9.17, 15) is 4.79 Å². The Hall–Kier alpha value is -2.15. The van der Waals surface area contributed by atoms with E-state index < -0.39 is 0 Å². The summed E-state index contributed by atoms with van der Waals surface area (Å²) < 4.78 is 5.45. The summed E-state index contributed by atoms with van der Waals surface area (Å²) in [7, 11) is 0. The summed E-state index contributed by atoms with van der Waals surface area (Å²) in [5, 5.41) is 2.88. The highest BCUT2D eigenvalue weighted by Gasteiger charge is 2.09. The molecule has 0 saturated carbocycles. The number of terminal acetylenes is 1. The number of benzene rings is 1. The molecule has 19 heavy (non-hydrogen) atoms. The van der Waals surface area contributed by atoms with Crippen LogP contribution in [0.2, 0.25) is 0 Å². The second kappa shape index (κ2) is 8.04. The Morgan fingerprint density at radius 1 is 1.58 bits per heavy atom. The molecule has 0 radical (unpaired) electrons. The highest BCUT2D eigenvalue weighted by Crippen LogP contribution is 2.14. The van der Waals surface area contributed by atoms with Gasteiger partial charge in [0, 0.05) is 24.2 Å². The Balaban J connectivity index is 2.29. The van der Waals surface area contributed by atoms with Crippen LogP contribution in [0.25, 0.3) is 0 Å². The number of hydrogen-bond donors (Lipinski definition) is 2. The van der Waals surface area contributed by atoms with Gasteiger partial charge in [-0.05, 0) is 18.6 Å². The van der Waals surface area contributed by atoms with Gasteiger partial charge in [-0.15, -0.1) is 12.3 Å². The minimum absolute atomic E-state index is 0.0462. The molecule has 0 aliphatic carbocycles. The van der Waals surface area contributed by atoms with Crippen molar-refractivity contribution >= 4 is 11.6 Å². The monoisotopic (exact) mass is 260 g/mol. The number of amides is 1. The number of rotatable bonds is 7. The van der Waals surface area contributed by atoms with Crippen molar-refractivity contribution in [2.45, 2.75) is 32.2 Å². The maximum atomic E-state index is 11.7. The highest BCUT2D eigenvalue weighted by molar-refractivity contribution is 5.76. The summed E-state index contributed by atoms with van der Waals surface area (Å²) >= 11 is 0. The molecular weight excluding hydrogens is 240 g/mol. The summed E-state index contributed by atoms with van der Waals surface area (Å²) in [6.07, 6.45) is 6.91. The van der Waals surface area contributed by atoms with Crippen LogP contribution in [0, 0.1) is 12.3 Å². The molecule has 102 valence electrons. The predicted octanol–water partition coefficient (Wildman–Crippen LogP) is 1.96. The van der Waals surface area contributed by atoms with E-state index in [1.54, 1.807) is 18.2 Å². The zero-order valence-electron chi connectivity index (χ0n) is 11.2. The van der Waals surface area contributed by atoms with Crippen LogP contribution in [0.1, 0.15) is 26.2 Å². The number of anilines is 1. The Labute approximate surface area is 114 Å². The molecule has 0 saturated heterocycles. The smallest absolute Gasteiger partial charge is 0.223 e. The maximum Gasteiger partial charge on any atom is 0.223 e. The summed E-state index contributed by atoms with van der Waals surface area (Å²) in [6.45, 7) is 2.31. The molecule has 1 aromatic rings. The number of nitrogen functional groups attached to an aromatic ring is 1. The molecule has 0 spiro atoms. The third-order valence-electron chi connectivity index (χ3n) is 2.68. The molecule has 0 aliphatic heterocycles. The van der Waals surface area contributed by atoms with Gasteiger partial charge in [-0.3, -0.25) is 4.79 Å². The van der Waals surface area contributed by atoms with Crippen molar-refractivity contribution in [1.82, 2.24) is 5.32 Å². The first-order valence-electron chi connectivity index (χ1n) is 6.37. The zero-order valence-corrected chi connectivity index (χ0v) is 11.2. The molecule has 0 bridgehead atoms. The Bertz CT molecular complexity index is 452. The Morgan fingerprint density at radius 2 is 2.37 bits per heavy atom. The van der Waals surface area contributed by atoms with Crippen molar-refractivity contribution in [1.29, 1.82) is 0 Å². The van der Waals surface area contributed by atoms with E-state index in [0.717, 1.165) is 6.42 Å². The third-order valence-corrected chi connectivity index (χ3v) is 2.68. The second-order valence-electron chi connectivity index (χ2n) is 4.25. The molecule has 1 atom stereocenters. The minimum atomic E-state index is -0.0500. The lowest BCUT2D eigenvalue weighted by Crippen LogP contribution is -2.34. The van der Waals surface area contributed by atoms with Crippen LogP contribution in [0.5, 0.6) is 5.75 Å². The molecule has 0 aliphatic rings. The predicted molar refractivity (Wildman–Crippen MR) is 76.6 cm³/mol. The van der Waals surface area contributed by atoms with E-state index in [1.807, 2.05) is 13.0 Å². The van der Waals surface area contributed by atoms with Crippen molar-refractivity contribution in [3.8, 4) is 18.1 Å². The summed E-state index contributed by atoms with van der Waals surface area (Å²) in [4.78, 5) is 11.7. The van der Waals surface area contributed by atoms with Gasteiger partial charge >= 0.3 is 0 Å². The van der Waals surface area contributed by atoms with E-state index in [4.69, 9.17) is 16.9 Å². The third kappa shape index (κ3) is 5.82. The molecule has 1 aromatic carbocycles. The van der Waals surface area contributed by atoms with Crippen LogP contribution >= 0.6 is 0 Å². The highest BCUT2D eigenvalue weighted by atomic mass is 16.5. The van der Waals surface area contributed by atoms with Gasteiger partial charge in [0.25, 0.3) is 0 Å². The van der Waals surface area contributed by atoms with Gasteiger partial charge in [-0.1, -0.05) is 13.0 Å². The van der Waals surface area contributed by atoms with E-state index in [1.165, 1.54) is 0 Å². The molecule has 3 N–H and O–H groups in total. The van der Waals surface area contributed by atoms with Crippen molar-refractivity contribution < 1.29 is 9.53 Å². The van der Waals surface area contributed by atoms with Gasteiger partial charge in [0.2, 0.25) is 5.91 Å². The first kappa shape index (κ1) is 14.9. The first-order valence-corrected chi connectivity index (χ1v) is 6.37. The summed E-state index contributed by atoms with van der Waals surface area (Å²) in [5.74, 6) is 3.17. The molecule has 0 heterocycles. The van der Waals surface area contributed by atoms with E-state index in [0.29, 0.717) is 30.9 Å². The van der Waals surface area contributed by atoms with Crippen LogP contribution in [-0.4, -0.2) is 18.6 Å². The fourth-order valence-electron chi connectivity index (χ4n) is 1.61. The number of carbonyl (C=O) groups is 1. The Morgan fingerprint density at radius 3 is 3.00 bits per heavy atom. The van der Waals surface area contributed by atoms with Gasteiger partial charge in [0.05, 0.1) is 13.0 Å². The van der Waals surface area contributed by atoms with Gasteiger partial charge < -0.3 is 15.8 Å². The number of carbonyl (C=O) groups excluding carboxylic acids is 1. The fourth-order valence-corrected chi connectivity index (χ4v) is 1.61. The quantitative estimate of drug-likeness (QED) is 0.582. The lowest BCUT2D eigenvalue weighted by Gasteiger charge is -2.14. The number of nitrogens with one attached hydrogen (secondary N) is 1. The van der Waals surface area contributed by atoms with E-state index >= 15 is 0 Å². The molecule has 4 nitrogen and oxygen atoms in total. The molecule has 0 fully saturated rings. The van der Waals surface area contributed by atoms with Crippen LogP contribution in [0.4, 0.5) is 5.69 Å². The number of hydrogen-bond acceptors (Lipinski definition) is 3. The normalized spacial score (nSPS) is 11.4. The Kier molecular flexibility index (Phi) is 6.31. The molecule has 4 heteroatoms. The van der Waals surface area contributed by atoms with Gasteiger partial charge in [0.1, 0.15) is 5.75 Å². The number of nitrogens with two attached hydrogens (primary N) is 1. The van der Waals surface area contributed by atoms with Crippen LogP contribution in [0.3, 0.4) is 0 Å². The molecule has 1 unspecified atom stereocenters. The standard InChI is InChI=1S/C15H20N2O2/c1-3-6-13(4-2)17-15(18)9-10-19-14-8-5-7-12(16)11-14/h1,5,7-8,11,13H,4,6,9-10,16H2,2H3,(H,17,18). The largest absolute Gasteiger partial charge is 0.493 e. The van der Waals surface area contributed by atoms with Crippen LogP contribution in [0.15, 0.2) is 24.3 Å². The molecule has 1 amide bonds. The van der Waals surface area contributed by atoms with Crippen molar-refractivity contribution in [2.75, 3.05) is 12.3 Å². The zero-order chi connectivity index (χ0) is 14.1. The minimum Gasteiger partial charge on any atom is -0.493 e. The summed E-state index contributed by atoms with van der Waals surface area (Å²) in [6, 6.07) is 7.17. The van der Waals surface area contributed by atoms with E-state index in [-0.39, 0.29) is 11.9 Å². The SMILES string of the molecule is C#CCC(CC)NC(=O)CCOc1cccc(N)c1. The average Bonchev–Trinajstić information content (AvgIpc) is 2.38. The molecule has 0 aromatic heterocycles. The fraction of sp³-hybridized carbons (Fsp3) is 0.400. The van der Waals surface area contributed by atoms with E-state index in [2.05, 4.69) is 11.2 Å². The summed E-state index contributed by atoms with van der Waals surface area (Å²) in [5.41, 5.74) is 6.27. The molecular formula is C15H20N2O2. The average molecular weight is 260 g/mol. The number of ether oxygens (including phenoxy) is 1. The van der Waals surface area contributed by atoms with Crippen molar-refractivity contribution in [3.63, 3.8) is 0 Å². The second-order valence-corrected chi connectivity index (χ2v) is 4.25. The maximum absolute atomic E-state index is 11.7. The first-order chi connectivity index (χ1) is 9.15. The van der Waals surface area contributed by atoms with Crippen molar-refractivity contribution in [2.24, 2.45) is 0 Å². The van der Waals surface area contributed by atoms with Crippen LogP contribution in [-0.2, 0) is 4.79 Å². The van der Waals surface area contributed by atoms with Gasteiger partial charge in [0.15, 0.2) is 0 Å². The molecule has 1 rings (SSSR count). The van der Waals surface area contributed by atoms with Gasteiger partial charge in [-0.25, -0.2) is 0 Å². The lowest BCUT2D eigenvalue weighted by atomic mass is 10.1.